The number of aromatic nitrogens is 1. The number of carbonyl (C=O) groups is 1. The molecule has 1 heterocycles. The van der Waals surface area contributed by atoms with E-state index in [1.54, 1.807) is 43.6 Å². The van der Waals surface area contributed by atoms with Gasteiger partial charge in [-0.05, 0) is 51.8 Å². The molecule has 0 aliphatic carbocycles. The number of ether oxygens (including phenoxy) is 1. The first-order valence-corrected chi connectivity index (χ1v) is 6.73. The summed E-state index contributed by atoms with van der Waals surface area (Å²) in [6.07, 6.45) is 1.57. The molecule has 0 radical (unpaired) electrons. The standard InChI is InChI=1S/C14H14BrN3O2/c1-20-13-3-2-10(7-11(13)15)18-14(19)12-6-9(8-16)4-5-17-12/h2-7H,8,16H2,1H3,(H,18,19). The highest BCUT2D eigenvalue weighted by atomic mass is 79.9. The zero-order valence-electron chi connectivity index (χ0n) is 10.9. The van der Waals surface area contributed by atoms with Crippen LogP contribution in [-0.4, -0.2) is 18.0 Å². The van der Waals surface area contributed by atoms with Crippen molar-refractivity contribution in [2.24, 2.45) is 5.73 Å². The number of nitrogens with one attached hydrogen (secondary N) is 1. The van der Waals surface area contributed by atoms with E-state index in [1.165, 1.54) is 0 Å². The Hall–Kier alpha value is -1.92. The third-order valence-corrected chi connectivity index (χ3v) is 3.32. The second-order valence-electron chi connectivity index (χ2n) is 4.06. The number of rotatable bonds is 4. The van der Waals surface area contributed by atoms with Gasteiger partial charge in [0, 0.05) is 18.4 Å². The van der Waals surface area contributed by atoms with E-state index in [0.29, 0.717) is 23.7 Å². The quantitative estimate of drug-likeness (QED) is 0.900. The fourth-order valence-corrected chi connectivity index (χ4v) is 2.21. The predicted molar refractivity (Wildman–Crippen MR) is 80.8 cm³/mol. The Morgan fingerprint density at radius 2 is 2.20 bits per heavy atom. The molecule has 0 saturated carbocycles. The van der Waals surface area contributed by atoms with Gasteiger partial charge >= 0.3 is 0 Å². The number of nitrogens with two attached hydrogens (primary N) is 1. The van der Waals surface area contributed by atoms with Crippen molar-refractivity contribution in [1.29, 1.82) is 0 Å². The molecule has 0 bridgehead atoms. The van der Waals surface area contributed by atoms with Crippen molar-refractivity contribution in [1.82, 2.24) is 4.98 Å². The van der Waals surface area contributed by atoms with Gasteiger partial charge in [0.25, 0.3) is 5.91 Å². The maximum atomic E-state index is 12.1. The summed E-state index contributed by atoms with van der Waals surface area (Å²) >= 11 is 3.37. The summed E-state index contributed by atoms with van der Waals surface area (Å²) in [6, 6.07) is 8.75. The van der Waals surface area contributed by atoms with Crippen LogP contribution in [0.5, 0.6) is 5.75 Å². The molecular weight excluding hydrogens is 322 g/mol. The van der Waals surface area contributed by atoms with E-state index in [9.17, 15) is 4.79 Å². The number of amides is 1. The molecule has 0 spiro atoms. The first-order valence-electron chi connectivity index (χ1n) is 5.94. The van der Waals surface area contributed by atoms with Crippen molar-refractivity contribution in [3.63, 3.8) is 0 Å². The molecule has 0 aliphatic heterocycles. The number of anilines is 1. The van der Waals surface area contributed by atoms with Crippen molar-refractivity contribution in [2.75, 3.05) is 12.4 Å². The Kier molecular flexibility index (Phi) is 4.70. The van der Waals surface area contributed by atoms with Crippen molar-refractivity contribution in [3.8, 4) is 5.75 Å². The predicted octanol–water partition coefficient (Wildman–Crippen LogP) is 2.56. The van der Waals surface area contributed by atoms with Crippen LogP contribution in [0.3, 0.4) is 0 Å². The molecule has 20 heavy (non-hydrogen) atoms. The summed E-state index contributed by atoms with van der Waals surface area (Å²) < 4.78 is 5.90. The van der Waals surface area contributed by atoms with Crippen LogP contribution in [0.2, 0.25) is 0 Å². The average Bonchev–Trinajstić information content (AvgIpc) is 2.47. The lowest BCUT2D eigenvalue weighted by Gasteiger charge is -2.08. The van der Waals surface area contributed by atoms with Crippen molar-refractivity contribution in [2.45, 2.75) is 6.54 Å². The van der Waals surface area contributed by atoms with Gasteiger partial charge in [-0.15, -0.1) is 0 Å². The Labute approximate surface area is 125 Å². The second-order valence-corrected chi connectivity index (χ2v) is 4.91. The molecule has 1 aromatic carbocycles. The SMILES string of the molecule is COc1ccc(NC(=O)c2cc(CN)ccn2)cc1Br. The maximum Gasteiger partial charge on any atom is 0.274 e. The molecule has 6 heteroatoms. The van der Waals surface area contributed by atoms with Gasteiger partial charge < -0.3 is 15.8 Å². The van der Waals surface area contributed by atoms with Crippen molar-refractivity contribution < 1.29 is 9.53 Å². The maximum absolute atomic E-state index is 12.1. The average molecular weight is 336 g/mol. The molecule has 0 fully saturated rings. The van der Waals surface area contributed by atoms with Crippen LogP contribution < -0.4 is 15.8 Å². The highest BCUT2D eigenvalue weighted by molar-refractivity contribution is 9.10. The highest BCUT2D eigenvalue weighted by Gasteiger charge is 2.09. The van der Waals surface area contributed by atoms with E-state index in [2.05, 4.69) is 26.2 Å². The molecular formula is C14H14BrN3O2. The van der Waals surface area contributed by atoms with Crippen LogP contribution in [0.25, 0.3) is 0 Å². The Morgan fingerprint density at radius 3 is 2.85 bits per heavy atom. The smallest absolute Gasteiger partial charge is 0.274 e. The van der Waals surface area contributed by atoms with Crippen molar-refractivity contribution in [3.05, 3.63) is 52.3 Å². The first kappa shape index (κ1) is 14.5. The zero-order valence-corrected chi connectivity index (χ0v) is 12.5. The molecule has 0 atom stereocenters. The summed E-state index contributed by atoms with van der Waals surface area (Å²) in [4.78, 5) is 16.1. The fraction of sp³-hybridized carbons (Fsp3) is 0.143. The van der Waals surface area contributed by atoms with Gasteiger partial charge in [-0.3, -0.25) is 9.78 Å². The second kappa shape index (κ2) is 6.49. The van der Waals surface area contributed by atoms with Crippen LogP contribution in [-0.2, 0) is 6.54 Å². The van der Waals surface area contributed by atoms with E-state index in [4.69, 9.17) is 10.5 Å². The summed E-state index contributed by atoms with van der Waals surface area (Å²) in [5.74, 6) is 0.420. The molecule has 2 aromatic rings. The lowest BCUT2D eigenvalue weighted by molar-refractivity contribution is 0.102. The van der Waals surface area contributed by atoms with Gasteiger partial charge in [0.05, 0.1) is 11.6 Å². The number of hydrogen-bond acceptors (Lipinski definition) is 4. The van der Waals surface area contributed by atoms with Gasteiger partial charge in [-0.25, -0.2) is 0 Å². The third kappa shape index (κ3) is 3.34. The molecule has 1 aromatic heterocycles. The van der Waals surface area contributed by atoms with Crippen LogP contribution in [0.1, 0.15) is 16.1 Å². The normalized spacial score (nSPS) is 10.2. The molecule has 1 amide bonds. The third-order valence-electron chi connectivity index (χ3n) is 2.70. The summed E-state index contributed by atoms with van der Waals surface area (Å²) in [6.45, 7) is 0.372. The van der Waals surface area contributed by atoms with Gasteiger partial charge in [-0.2, -0.15) is 0 Å². The number of nitrogens with zero attached hydrogens (tertiary/aromatic N) is 1. The molecule has 5 nitrogen and oxygen atoms in total. The lowest BCUT2D eigenvalue weighted by atomic mass is 10.2. The number of benzene rings is 1. The molecule has 2 rings (SSSR count). The van der Waals surface area contributed by atoms with Gasteiger partial charge in [-0.1, -0.05) is 0 Å². The minimum atomic E-state index is -0.280. The molecule has 104 valence electrons. The number of carbonyl (C=O) groups excluding carboxylic acids is 1. The molecule has 0 unspecified atom stereocenters. The molecule has 0 aliphatic rings. The minimum Gasteiger partial charge on any atom is -0.496 e. The first-order chi connectivity index (χ1) is 9.63. The lowest BCUT2D eigenvalue weighted by Crippen LogP contribution is -2.14. The van der Waals surface area contributed by atoms with Crippen LogP contribution in [0.15, 0.2) is 41.0 Å². The van der Waals surface area contributed by atoms with Gasteiger partial charge in [0.2, 0.25) is 0 Å². The zero-order chi connectivity index (χ0) is 14.5. The van der Waals surface area contributed by atoms with Crippen molar-refractivity contribution >= 4 is 27.5 Å². The topological polar surface area (TPSA) is 77.2 Å². The van der Waals surface area contributed by atoms with Gasteiger partial charge in [0.15, 0.2) is 0 Å². The van der Waals surface area contributed by atoms with E-state index in [0.717, 1.165) is 10.0 Å². The summed E-state index contributed by atoms with van der Waals surface area (Å²) in [5.41, 5.74) is 7.39. The van der Waals surface area contributed by atoms with E-state index < -0.39 is 0 Å². The molecule has 3 N–H and O–H groups in total. The number of hydrogen-bond donors (Lipinski definition) is 2. The Morgan fingerprint density at radius 1 is 1.40 bits per heavy atom. The summed E-state index contributed by atoms with van der Waals surface area (Å²) in [7, 11) is 1.58. The Bertz CT molecular complexity index is 632. The monoisotopic (exact) mass is 335 g/mol. The van der Waals surface area contributed by atoms with E-state index >= 15 is 0 Å². The van der Waals surface area contributed by atoms with E-state index in [-0.39, 0.29) is 5.91 Å². The van der Waals surface area contributed by atoms with Crippen LogP contribution in [0, 0.1) is 0 Å². The highest BCUT2D eigenvalue weighted by Crippen LogP contribution is 2.27. The summed E-state index contributed by atoms with van der Waals surface area (Å²) in [5, 5.41) is 2.77. The van der Waals surface area contributed by atoms with Gasteiger partial charge in [0.1, 0.15) is 11.4 Å². The van der Waals surface area contributed by atoms with E-state index in [1.807, 2.05) is 0 Å². The van der Waals surface area contributed by atoms with Crippen LogP contribution >= 0.6 is 15.9 Å². The Balaban J connectivity index is 2.16. The number of methoxy groups -OCH3 is 1. The largest absolute Gasteiger partial charge is 0.496 e. The number of pyridine rings is 1. The molecule has 0 saturated heterocycles. The van der Waals surface area contributed by atoms with Crippen LogP contribution in [0.4, 0.5) is 5.69 Å². The number of halogens is 1. The fourth-order valence-electron chi connectivity index (χ4n) is 1.66. The minimum absolute atomic E-state index is 0.280.